The summed E-state index contributed by atoms with van der Waals surface area (Å²) >= 11 is 0. The van der Waals surface area contributed by atoms with Gasteiger partial charge in [-0.15, -0.1) is 0 Å². The number of non-ortho nitro benzene ring substituents is 1. The van der Waals surface area contributed by atoms with E-state index in [1.54, 1.807) is 38.1 Å². The normalized spacial score (nSPS) is 12.3. The van der Waals surface area contributed by atoms with Gasteiger partial charge in [0.25, 0.3) is 5.69 Å². The zero-order valence-corrected chi connectivity index (χ0v) is 29.1. The molecule has 0 aliphatic carbocycles. The summed E-state index contributed by atoms with van der Waals surface area (Å²) in [6, 6.07) is 8.65. The number of rotatable bonds is 20. The predicted molar refractivity (Wildman–Crippen MR) is 184 cm³/mol. The van der Waals surface area contributed by atoms with E-state index in [1.807, 2.05) is 20.8 Å². The van der Waals surface area contributed by atoms with Gasteiger partial charge in [0, 0.05) is 37.4 Å². The summed E-state index contributed by atoms with van der Waals surface area (Å²) in [5, 5.41) is 21.5. The van der Waals surface area contributed by atoms with Gasteiger partial charge in [-0.1, -0.05) is 32.9 Å². The van der Waals surface area contributed by atoms with Crippen molar-refractivity contribution >= 4 is 41.3 Å². The summed E-state index contributed by atoms with van der Waals surface area (Å²) in [7, 11) is 0. The third-order valence-electron chi connectivity index (χ3n) is 7.35. The molecule has 50 heavy (non-hydrogen) atoms. The van der Waals surface area contributed by atoms with Crippen LogP contribution in [0.3, 0.4) is 0 Å². The molecule has 1 unspecified atom stereocenters. The molecule has 0 aliphatic rings. The topological polar surface area (TPSA) is 230 Å². The van der Waals surface area contributed by atoms with E-state index in [4.69, 9.17) is 19.9 Å². The van der Waals surface area contributed by atoms with Gasteiger partial charge < -0.3 is 41.2 Å². The number of primary amides is 1. The zero-order chi connectivity index (χ0) is 37.3. The number of carbonyl (C=O) groups is 5. The molecule has 0 spiro atoms. The van der Waals surface area contributed by atoms with E-state index in [0.717, 1.165) is 6.42 Å². The average Bonchev–Trinajstić information content (AvgIpc) is 3.06. The maximum absolute atomic E-state index is 13.4. The number of ether oxygens (including phenoxy) is 3. The first-order valence-corrected chi connectivity index (χ1v) is 16.4. The Labute approximate surface area is 291 Å². The lowest BCUT2D eigenvalue weighted by molar-refractivity contribution is -0.384. The number of nitro benzene ring substituents is 1. The number of benzene rings is 2. The molecular formula is C34H48N6O10. The Morgan fingerprint density at radius 1 is 0.960 bits per heavy atom. The number of carbonyl (C=O) groups excluding carboxylic acids is 5. The summed E-state index contributed by atoms with van der Waals surface area (Å²) in [5.74, 6) is -1.60. The Bertz CT molecular complexity index is 1450. The van der Waals surface area contributed by atoms with Gasteiger partial charge in [0.2, 0.25) is 17.7 Å². The molecule has 0 saturated carbocycles. The summed E-state index contributed by atoms with van der Waals surface area (Å²) in [6.45, 7) is 9.98. The molecule has 0 aromatic heterocycles. The molecule has 0 bridgehead atoms. The van der Waals surface area contributed by atoms with Gasteiger partial charge in [0.05, 0.1) is 10.5 Å². The van der Waals surface area contributed by atoms with Crippen molar-refractivity contribution in [1.29, 1.82) is 0 Å². The van der Waals surface area contributed by atoms with E-state index in [9.17, 15) is 34.1 Å². The van der Waals surface area contributed by atoms with E-state index in [2.05, 4.69) is 21.3 Å². The Morgan fingerprint density at radius 2 is 1.62 bits per heavy atom. The first-order valence-electron chi connectivity index (χ1n) is 16.4. The minimum atomic E-state index is -1.02. The third kappa shape index (κ3) is 15.3. The number of hydrogen-bond donors (Lipinski definition) is 5. The lowest BCUT2D eigenvalue weighted by Crippen LogP contribution is -2.54. The van der Waals surface area contributed by atoms with Crippen molar-refractivity contribution in [3.63, 3.8) is 0 Å². The molecule has 2 aromatic rings. The molecular weight excluding hydrogens is 652 g/mol. The lowest BCUT2D eigenvalue weighted by Gasteiger charge is -2.27. The summed E-state index contributed by atoms with van der Waals surface area (Å²) in [6.07, 6.45) is 0.924. The molecule has 0 fully saturated rings. The smallest absolute Gasteiger partial charge is 0.429 e. The number of nitrogens with two attached hydrogens (primary N) is 1. The highest BCUT2D eigenvalue weighted by Gasteiger charge is 2.29. The van der Waals surface area contributed by atoms with E-state index in [-0.39, 0.29) is 49.3 Å². The lowest BCUT2D eigenvalue weighted by atomic mass is 9.99. The number of nitrogens with zero attached hydrogens (tertiary/aromatic N) is 1. The van der Waals surface area contributed by atoms with Crippen LogP contribution in [-0.2, 0) is 30.5 Å². The first kappa shape index (κ1) is 40.9. The van der Waals surface area contributed by atoms with E-state index in [0.29, 0.717) is 30.7 Å². The Morgan fingerprint density at radius 3 is 2.20 bits per heavy atom. The molecule has 16 heteroatoms. The number of nitro groups is 1. The average molecular weight is 701 g/mol. The molecule has 6 N–H and O–H groups in total. The molecule has 5 amide bonds. The van der Waals surface area contributed by atoms with Crippen LogP contribution in [0.15, 0.2) is 48.5 Å². The number of urea groups is 1. The second-order valence-electron chi connectivity index (χ2n) is 12.5. The Balaban J connectivity index is 2.01. The minimum Gasteiger partial charge on any atom is -0.429 e. The van der Waals surface area contributed by atoms with Gasteiger partial charge >= 0.3 is 12.2 Å². The second-order valence-corrected chi connectivity index (χ2v) is 12.5. The minimum absolute atomic E-state index is 0.0739. The largest absolute Gasteiger partial charge is 0.514 e. The molecule has 274 valence electrons. The van der Waals surface area contributed by atoms with E-state index in [1.165, 1.54) is 24.3 Å². The van der Waals surface area contributed by atoms with Crippen molar-refractivity contribution in [1.82, 2.24) is 16.0 Å². The monoisotopic (exact) mass is 700 g/mol. The third-order valence-corrected chi connectivity index (χ3v) is 7.35. The molecule has 0 saturated heterocycles. The molecule has 2 rings (SSSR count). The number of nitrogens with one attached hydrogen (secondary N) is 4. The zero-order valence-electron chi connectivity index (χ0n) is 29.1. The van der Waals surface area contributed by atoms with Crippen molar-refractivity contribution in [2.75, 3.05) is 18.5 Å². The number of amides is 5. The van der Waals surface area contributed by atoms with E-state index >= 15 is 0 Å². The van der Waals surface area contributed by atoms with Crippen LogP contribution >= 0.6 is 0 Å². The van der Waals surface area contributed by atoms with Gasteiger partial charge in [-0.3, -0.25) is 24.5 Å². The van der Waals surface area contributed by atoms with Crippen LogP contribution in [0.4, 0.5) is 21.0 Å². The SMILES string of the molecule is CCCOC(C)(C)CCC(=O)NC(C(=O)N[C@@H](CCCNC(N)=O)C(=O)Nc1ccc(COC(=O)Oc2ccc([N+](=O)[O-])cc2)cc1)C(C)C. The van der Waals surface area contributed by atoms with Gasteiger partial charge in [-0.2, -0.15) is 0 Å². The van der Waals surface area contributed by atoms with Crippen LogP contribution < -0.4 is 31.7 Å². The van der Waals surface area contributed by atoms with Gasteiger partial charge in [0.15, 0.2) is 0 Å². The van der Waals surface area contributed by atoms with Crippen molar-refractivity contribution in [2.24, 2.45) is 11.7 Å². The summed E-state index contributed by atoms with van der Waals surface area (Å²) in [5.41, 5.74) is 5.45. The van der Waals surface area contributed by atoms with E-state index < -0.39 is 46.6 Å². The van der Waals surface area contributed by atoms with Crippen LogP contribution in [0, 0.1) is 16.0 Å². The highest BCUT2D eigenvalue weighted by molar-refractivity contribution is 5.98. The van der Waals surface area contributed by atoms with Gasteiger partial charge in [0.1, 0.15) is 24.4 Å². The molecule has 2 atom stereocenters. The van der Waals surface area contributed by atoms with Crippen molar-refractivity contribution in [3.8, 4) is 5.75 Å². The van der Waals surface area contributed by atoms with Crippen LogP contribution in [-0.4, -0.2) is 65.7 Å². The van der Waals surface area contributed by atoms with Crippen LogP contribution in [0.5, 0.6) is 5.75 Å². The molecule has 0 radical (unpaired) electrons. The maximum atomic E-state index is 13.4. The number of anilines is 1. The Kier molecular flexibility index (Phi) is 16.6. The molecule has 16 nitrogen and oxygen atoms in total. The van der Waals surface area contributed by atoms with Crippen LogP contribution in [0.1, 0.15) is 72.3 Å². The fraction of sp³-hybridized carbons (Fsp3) is 0.500. The second kappa shape index (κ2) is 20.3. The van der Waals surface area contributed by atoms with Gasteiger partial charge in [-0.25, -0.2) is 9.59 Å². The van der Waals surface area contributed by atoms with Crippen LogP contribution in [0.2, 0.25) is 0 Å². The highest BCUT2D eigenvalue weighted by atomic mass is 16.7. The van der Waals surface area contributed by atoms with Crippen molar-refractivity contribution in [2.45, 2.75) is 91.0 Å². The van der Waals surface area contributed by atoms with Crippen molar-refractivity contribution in [3.05, 3.63) is 64.2 Å². The number of hydrogen-bond acceptors (Lipinski definition) is 10. The van der Waals surface area contributed by atoms with Gasteiger partial charge in [-0.05, 0) is 75.3 Å². The standard InChI is InChI=1S/C34H48N6O10/c1-6-20-49-34(4,5)18-17-28(41)39-29(22(2)3)31(43)38-27(8-7-19-36-32(35)44)30(42)37-24-11-9-23(10-12-24)21-48-33(45)50-26-15-13-25(14-16-26)40(46)47/h9-16,22,27,29H,6-8,17-21H2,1-5H3,(H,37,42)(H,38,43)(H,39,41)(H3,35,36,44)/t27-,29?/m0/s1. The Hall–Kier alpha value is -5.25. The fourth-order valence-corrected chi connectivity index (χ4v) is 4.51. The fourth-order valence-electron chi connectivity index (χ4n) is 4.51. The quantitative estimate of drug-likeness (QED) is 0.0432. The maximum Gasteiger partial charge on any atom is 0.514 e. The summed E-state index contributed by atoms with van der Waals surface area (Å²) < 4.78 is 15.9. The predicted octanol–water partition coefficient (Wildman–Crippen LogP) is 4.31. The van der Waals surface area contributed by atoms with Crippen molar-refractivity contribution < 1.29 is 43.1 Å². The molecule has 0 heterocycles. The molecule has 2 aromatic carbocycles. The first-order chi connectivity index (χ1) is 23.6. The highest BCUT2D eigenvalue weighted by Crippen LogP contribution is 2.19. The molecule has 0 aliphatic heterocycles. The van der Waals surface area contributed by atoms with Crippen LogP contribution in [0.25, 0.3) is 0 Å². The summed E-state index contributed by atoms with van der Waals surface area (Å²) in [4.78, 5) is 72.9.